The zero-order valence-corrected chi connectivity index (χ0v) is 20.6. The summed E-state index contributed by atoms with van der Waals surface area (Å²) in [6.07, 6.45) is 3.09. The molecule has 1 aliphatic rings. The van der Waals surface area contributed by atoms with Crippen molar-refractivity contribution < 1.29 is 24.2 Å². The molecule has 0 unspecified atom stereocenters. The molecule has 0 aliphatic carbocycles. The molecule has 0 radical (unpaired) electrons. The number of aliphatic carboxylic acids is 1. The first kappa shape index (κ1) is 25.9. The number of nitrogen functional groups attached to an aromatic ring is 1. The van der Waals surface area contributed by atoms with Crippen LogP contribution < -0.4 is 21.5 Å². The lowest BCUT2D eigenvalue weighted by atomic mass is 9.86. The zero-order valence-electron chi connectivity index (χ0n) is 20.6. The summed E-state index contributed by atoms with van der Waals surface area (Å²) in [6, 6.07) is 13.8. The van der Waals surface area contributed by atoms with Crippen molar-refractivity contribution in [3.63, 3.8) is 0 Å². The standard InChI is InChI=1S/C27H31N5O5/c1-37-20-7-4-17(5-8-20)14-22(31-16-23(33)34)25(35)32-12-2-10-27(32,26(29)36)15-18-3-6-19-9-11-30-24(28)21(19)13-18/h3-9,11,13,22,31H,2,10,12,14-16H2,1H3,(H2,28,30)(H2,29,36)(H,33,34)/t22-,27+/m1/s1. The number of benzene rings is 2. The predicted octanol–water partition coefficient (Wildman–Crippen LogP) is 1.50. The summed E-state index contributed by atoms with van der Waals surface area (Å²) < 4.78 is 5.19. The van der Waals surface area contributed by atoms with Gasteiger partial charge in [0.25, 0.3) is 0 Å². The summed E-state index contributed by atoms with van der Waals surface area (Å²) in [4.78, 5) is 43.8. The Morgan fingerprint density at radius 1 is 1.16 bits per heavy atom. The highest BCUT2D eigenvalue weighted by Gasteiger charge is 2.49. The fraction of sp³-hybridized carbons (Fsp3) is 0.333. The number of primary amides is 1. The molecular formula is C27H31N5O5. The van der Waals surface area contributed by atoms with Gasteiger partial charge in [0, 0.05) is 24.5 Å². The van der Waals surface area contributed by atoms with E-state index in [9.17, 15) is 19.5 Å². The quantitative estimate of drug-likeness (QED) is 0.322. The predicted molar refractivity (Wildman–Crippen MR) is 139 cm³/mol. The lowest BCUT2D eigenvalue weighted by molar-refractivity contribution is -0.145. The fourth-order valence-corrected chi connectivity index (χ4v) is 5.06. The van der Waals surface area contributed by atoms with Crippen LogP contribution in [0.15, 0.2) is 54.7 Å². The number of nitrogens with zero attached hydrogens (tertiary/aromatic N) is 2. The minimum Gasteiger partial charge on any atom is -0.497 e. The average molecular weight is 506 g/mol. The van der Waals surface area contributed by atoms with Gasteiger partial charge in [0.15, 0.2) is 0 Å². The molecule has 37 heavy (non-hydrogen) atoms. The van der Waals surface area contributed by atoms with Crippen molar-refractivity contribution in [3.05, 3.63) is 65.9 Å². The highest BCUT2D eigenvalue weighted by molar-refractivity contribution is 5.94. The number of hydrogen-bond donors (Lipinski definition) is 4. The zero-order chi connectivity index (χ0) is 26.6. The molecule has 1 aromatic heterocycles. The lowest BCUT2D eigenvalue weighted by Gasteiger charge is -2.38. The summed E-state index contributed by atoms with van der Waals surface area (Å²) in [5.74, 6) is -1.00. The van der Waals surface area contributed by atoms with Crippen molar-refractivity contribution in [1.82, 2.24) is 15.2 Å². The number of nitrogens with two attached hydrogens (primary N) is 2. The summed E-state index contributed by atoms with van der Waals surface area (Å²) in [7, 11) is 1.56. The van der Waals surface area contributed by atoms with E-state index in [0.717, 1.165) is 21.9 Å². The van der Waals surface area contributed by atoms with E-state index in [1.807, 2.05) is 36.4 Å². The van der Waals surface area contributed by atoms with Crippen molar-refractivity contribution in [3.8, 4) is 5.75 Å². The van der Waals surface area contributed by atoms with Crippen LogP contribution >= 0.6 is 0 Å². The van der Waals surface area contributed by atoms with E-state index in [1.165, 1.54) is 4.90 Å². The van der Waals surface area contributed by atoms with Crippen molar-refractivity contribution in [2.24, 2.45) is 5.73 Å². The van der Waals surface area contributed by atoms with E-state index < -0.39 is 30.0 Å². The smallest absolute Gasteiger partial charge is 0.317 e. The minimum atomic E-state index is -1.25. The summed E-state index contributed by atoms with van der Waals surface area (Å²) in [5, 5.41) is 13.8. The summed E-state index contributed by atoms with van der Waals surface area (Å²) >= 11 is 0. The van der Waals surface area contributed by atoms with Crippen LogP contribution in [0.5, 0.6) is 5.75 Å². The molecule has 2 amide bonds. The molecule has 1 aliphatic heterocycles. The second-order valence-corrected chi connectivity index (χ2v) is 9.30. The largest absolute Gasteiger partial charge is 0.497 e. The lowest BCUT2D eigenvalue weighted by Crippen LogP contribution is -2.61. The van der Waals surface area contributed by atoms with Gasteiger partial charge < -0.3 is 26.2 Å². The molecule has 194 valence electrons. The first-order chi connectivity index (χ1) is 17.7. The number of carboxylic acid groups (broad SMARTS) is 1. The van der Waals surface area contributed by atoms with E-state index in [1.54, 1.807) is 25.4 Å². The number of carbonyl (C=O) groups excluding carboxylic acids is 2. The molecule has 0 saturated carbocycles. The average Bonchev–Trinajstić information content (AvgIpc) is 3.31. The normalized spacial score (nSPS) is 18.0. The second-order valence-electron chi connectivity index (χ2n) is 9.30. The highest BCUT2D eigenvalue weighted by Crippen LogP contribution is 2.35. The molecule has 1 saturated heterocycles. The van der Waals surface area contributed by atoms with Crippen molar-refractivity contribution in [1.29, 1.82) is 0 Å². The van der Waals surface area contributed by atoms with Gasteiger partial charge in [0.1, 0.15) is 17.1 Å². The molecule has 10 heteroatoms. The molecule has 1 fully saturated rings. The highest BCUT2D eigenvalue weighted by atomic mass is 16.5. The van der Waals surface area contributed by atoms with Gasteiger partial charge in [-0.15, -0.1) is 0 Å². The first-order valence-corrected chi connectivity index (χ1v) is 12.1. The Bertz CT molecular complexity index is 1310. The Morgan fingerprint density at radius 2 is 1.89 bits per heavy atom. The molecule has 0 bridgehead atoms. The van der Waals surface area contributed by atoms with Gasteiger partial charge in [-0.2, -0.15) is 0 Å². The van der Waals surface area contributed by atoms with Crippen LogP contribution in [-0.4, -0.2) is 64.6 Å². The van der Waals surface area contributed by atoms with Crippen LogP contribution in [0.3, 0.4) is 0 Å². The summed E-state index contributed by atoms with van der Waals surface area (Å²) in [5.41, 5.74) is 12.4. The Morgan fingerprint density at radius 3 is 2.57 bits per heavy atom. The number of pyridine rings is 1. The van der Waals surface area contributed by atoms with Crippen LogP contribution in [0, 0.1) is 0 Å². The third kappa shape index (κ3) is 5.49. The molecule has 10 nitrogen and oxygen atoms in total. The number of anilines is 1. The minimum absolute atomic E-state index is 0.215. The van der Waals surface area contributed by atoms with Gasteiger partial charge in [0.05, 0.1) is 19.7 Å². The van der Waals surface area contributed by atoms with E-state index >= 15 is 0 Å². The van der Waals surface area contributed by atoms with Gasteiger partial charge >= 0.3 is 5.97 Å². The first-order valence-electron chi connectivity index (χ1n) is 12.1. The molecule has 3 aromatic rings. The maximum Gasteiger partial charge on any atom is 0.317 e. The molecule has 2 atom stereocenters. The van der Waals surface area contributed by atoms with Gasteiger partial charge in [-0.3, -0.25) is 19.7 Å². The Balaban J connectivity index is 1.64. The number of amides is 2. The van der Waals surface area contributed by atoms with Crippen LogP contribution in [0.4, 0.5) is 5.82 Å². The van der Waals surface area contributed by atoms with E-state index in [-0.39, 0.29) is 18.7 Å². The van der Waals surface area contributed by atoms with E-state index in [0.29, 0.717) is 31.0 Å². The maximum absolute atomic E-state index is 13.9. The van der Waals surface area contributed by atoms with Gasteiger partial charge in [-0.25, -0.2) is 4.98 Å². The van der Waals surface area contributed by atoms with Gasteiger partial charge in [-0.05, 0) is 60.0 Å². The molecule has 6 N–H and O–H groups in total. The SMILES string of the molecule is COc1ccc(C[C@@H](NCC(=O)O)C(=O)N2CCC[C@]2(Cc2ccc3ccnc(N)c3c2)C(N)=O)cc1. The molecular weight excluding hydrogens is 474 g/mol. The monoisotopic (exact) mass is 505 g/mol. The third-order valence-electron chi connectivity index (χ3n) is 6.97. The molecule has 4 rings (SSSR count). The van der Waals surface area contributed by atoms with Gasteiger partial charge in [0.2, 0.25) is 11.8 Å². The number of methoxy groups -OCH3 is 1. The fourth-order valence-electron chi connectivity index (χ4n) is 5.06. The number of fused-ring (bicyclic) bond motifs is 1. The molecule has 2 aromatic carbocycles. The Labute approximate surface area is 214 Å². The number of nitrogens with one attached hydrogen (secondary N) is 1. The van der Waals surface area contributed by atoms with E-state index in [4.69, 9.17) is 16.2 Å². The number of likely N-dealkylation sites (tertiary alicyclic amines) is 1. The van der Waals surface area contributed by atoms with E-state index in [2.05, 4.69) is 10.3 Å². The number of ether oxygens (including phenoxy) is 1. The van der Waals surface area contributed by atoms with Crippen LogP contribution in [-0.2, 0) is 27.2 Å². The van der Waals surface area contributed by atoms with Crippen LogP contribution in [0.1, 0.15) is 24.0 Å². The second kappa shape index (κ2) is 10.8. The van der Waals surface area contributed by atoms with Crippen molar-refractivity contribution in [2.75, 3.05) is 25.9 Å². The maximum atomic E-state index is 13.9. The van der Waals surface area contributed by atoms with Crippen LogP contribution in [0.2, 0.25) is 0 Å². The van der Waals surface area contributed by atoms with Crippen LogP contribution in [0.25, 0.3) is 10.8 Å². The van der Waals surface area contributed by atoms with Crippen molar-refractivity contribution in [2.45, 2.75) is 37.3 Å². The number of aromatic nitrogens is 1. The number of hydrogen-bond acceptors (Lipinski definition) is 7. The number of carboxylic acids is 1. The van der Waals surface area contributed by atoms with Gasteiger partial charge in [-0.1, -0.05) is 24.3 Å². The topological polar surface area (TPSA) is 161 Å². The number of carbonyl (C=O) groups is 3. The Hall–Kier alpha value is -4.18. The Kier molecular flexibility index (Phi) is 7.58. The molecule has 0 spiro atoms. The number of rotatable bonds is 10. The van der Waals surface area contributed by atoms with Crippen molar-refractivity contribution >= 4 is 34.4 Å². The third-order valence-corrected chi connectivity index (χ3v) is 6.97. The molecule has 2 heterocycles. The summed E-state index contributed by atoms with van der Waals surface area (Å²) in [6.45, 7) is -0.0617.